The Morgan fingerprint density at radius 2 is 1.54 bits per heavy atom. The summed E-state index contributed by atoms with van der Waals surface area (Å²) in [7, 11) is 2.17. The van der Waals surface area contributed by atoms with Gasteiger partial charge in [0.1, 0.15) is 0 Å². The first-order chi connectivity index (χ1) is 12.3. The van der Waals surface area contributed by atoms with Crippen LogP contribution in [0.4, 0.5) is 0 Å². The SMILES string of the molecule is CC(C)(O)C(C)(C)[B]c1cc2ccc3ccccc3c2c2ncccc12. The molecule has 1 aromatic heterocycles. The first-order valence-corrected chi connectivity index (χ1v) is 9.05. The molecule has 2 nitrogen and oxygen atoms in total. The molecule has 0 aliphatic rings. The molecule has 3 aromatic carbocycles. The van der Waals surface area contributed by atoms with Crippen LogP contribution in [-0.2, 0) is 0 Å². The van der Waals surface area contributed by atoms with E-state index < -0.39 is 5.60 Å². The Morgan fingerprint density at radius 3 is 2.31 bits per heavy atom. The molecular weight excluding hydrogens is 317 g/mol. The lowest BCUT2D eigenvalue weighted by Gasteiger charge is -2.37. The zero-order valence-corrected chi connectivity index (χ0v) is 15.7. The molecule has 26 heavy (non-hydrogen) atoms. The van der Waals surface area contributed by atoms with Crippen molar-refractivity contribution in [2.24, 2.45) is 0 Å². The second-order valence-corrected chi connectivity index (χ2v) is 8.18. The summed E-state index contributed by atoms with van der Waals surface area (Å²) in [4.78, 5) is 4.73. The van der Waals surface area contributed by atoms with E-state index in [1.165, 1.54) is 21.5 Å². The summed E-state index contributed by atoms with van der Waals surface area (Å²) < 4.78 is 0. The number of hydrogen-bond donors (Lipinski definition) is 1. The lowest BCUT2D eigenvalue weighted by molar-refractivity contribution is 0.0410. The van der Waals surface area contributed by atoms with E-state index in [-0.39, 0.29) is 5.31 Å². The van der Waals surface area contributed by atoms with Crippen molar-refractivity contribution in [1.82, 2.24) is 4.98 Å². The first-order valence-electron chi connectivity index (χ1n) is 9.05. The van der Waals surface area contributed by atoms with Crippen molar-refractivity contribution in [3.63, 3.8) is 0 Å². The van der Waals surface area contributed by atoms with Gasteiger partial charge in [0.05, 0.1) is 11.1 Å². The molecule has 1 radical (unpaired) electrons. The molecule has 129 valence electrons. The van der Waals surface area contributed by atoms with Crippen LogP contribution in [0.3, 0.4) is 0 Å². The predicted octanol–water partition coefficient (Wildman–Crippen LogP) is 4.84. The maximum Gasteiger partial charge on any atom is 0.162 e. The van der Waals surface area contributed by atoms with Crippen molar-refractivity contribution in [3.8, 4) is 0 Å². The zero-order valence-electron chi connectivity index (χ0n) is 15.7. The molecule has 0 fully saturated rings. The average Bonchev–Trinajstić information content (AvgIpc) is 2.60. The van der Waals surface area contributed by atoms with E-state index >= 15 is 0 Å². The van der Waals surface area contributed by atoms with Crippen molar-refractivity contribution < 1.29 is 5.11 Å². The molecule has 0 aliphatic heterocycles. The maximum atomic E-state index is 10.6. The van der Waals surface area contributed by atoms with Crippen LogP contribution in [0.2, 0.25) is 5.31 Å². The molecule has 0 aliphatic carbocycles. The van der Waals surface area contributed by atoms with Crippen LogP contribution in [0, 0.1) is 0 Å². The minimum absolute atomic E-state index is 0.375. The molecule has 4 aromatic rings. The van der Waals surface area contributed by atoms with Crippen molar-refractivity contribution in [1.29, 1.82) is 0 Å². The van der Waals surface area contributed by atoms with E-state index in [4.69, 9.17) is 4.98 Å². The van der Waals surface area contributed by atoms with Gasteiger partial charge in [0, 0.05) is 11.6 Å². The molecule has 1 heterocycles. The number of pyridine rings is 1. The minimum atomic E-state index is -0.820. The topological polar surface area (TPSA) is 33.1 Å². The summed E-state index contributed by atoms with van der Waals surface area (Å²) in [5, 5.41) is 16.1. The number of benzene rings is 3. The van der Waals surface area contributed by atoms with Gasteiger partial charge in [-0.05, 0) is 46.8 Å². The van der Waals surface area contributed by atoms with Gasteiger partial charge in [0.25, 0.3) is 0 Å². The van der Waals surface area contributed by atoms with Gasteiger partial charge in [-0.25, -0.2) is 0 Å². The molecule has 0 bridgehead atoms. The van der Waals surface area contributed by atoms with Gasteiger partial charge in [-0.15, -0.1) is 0 Å². The molecule has 0 unspecified atom stereocenters. The quantitative estimate of drug-likeness (QED) is 0.428. The molecule has 0 atom stereocenters. The zero-order chi connectivity index (χ0) is 18.5. The summed E-state index contributed by atoms with van der Waals surface area (Å²) in [6.07, 6.45) is 1.86. The van der Waals surface area contributed by atoms with Crippen molar-refractivity contribution in [2.75, 3.05) is 0 Å². The van der Waals surface area contributed by atoms with Crippen LogP contribution in [-0.4, -0.2) is 23.0 Å². The van der Waals surface area contributed by atoms with E-state index in [9.17, 15) is 5.11 Å². The normalized spacial score (nSPS) is 12.8. The van der Waals surface area contributed by atoms with Crippen LogP contribution in [0.25, 0.3) is 32.4 Å². The fraction of sp³-hybridized carbons (Fsp3) is 0.261. The number of fused-ring (bicyclic) bond motifs is 5. The molecular formula is C23H23BNO. The van der Waals surface area contributed by atoms with Gasteiger partial charge in [-0.1, -0.05) is 67.8 Å². The van der Waals surface area contributed by atoms with Crippen molar-refractivity contribution >= 4 is 45.2 Å². The first kappa shape index (κ1) is 17.1. The number of aromatic nitrogens is 1. The lowest BCUT2D eigenvalue weighted by Crippen LogP contribution is -2.42. The fourth-order valence-electron chi connectivity index (χ4n) is 3.44. The van der Waals surface area contributed by atoms with Gasteiger partial charge in [-0.3, -0.25) is 4.98 Å². The minimum Gasteiger partial charge on any atom is -0.391 e. The van der Waals surface area contributed by atoms with Crippen LogP contribution >= 0.6 is 0 Å². The van der Waals surface area contributed by atoms with E-state index in [0.717, 1.165) is 16.4 Å². The van der Waals surface area contributed by atoms with E-state index in [1.807, 2.05) is 26.1 Å². The van der Waals surface area contributed by atoms with E-state index in [2.05, 4.69) is 69.7 Å². The number of aliphatic hydroxyl groups is 1. The number of nitrogens with zero attached hydrogens (tertiary/aromatic N) is 1. The molecule has 4 rings (SSSR count). The van der Waals surface area contributed by atoms with Crippen LogP contribution in [0.1, 0.15) is 27.7 Å². The lowest BCUT2D eigenvalue weighted by atomic mass is 9.44. The number of rotatable bonds is 3. The third-order valence-corrected chi connectivity index (χ3v) is 5.72. The van der Waals surface area contributed by atoms with Gasteiger partial charge in [-0.2, -0.15) is 0 Å². The summed E-state index contributed by atoms with van der Waals surface area (Å²) in [6, 6.07) is 19.1. The Balaban J connectivity index is 2.05. The Hall–Kier alpha value is -2.39. The highest BCUT2D eigenvalue weighted by Gasteiger charge is 2.36. The molecule has 0 amide bonds. The smallest absolute Gasteiger partial charge is 0.162 e. The number of hydrogen-bond acceptors (Lipinski definition) is 2. The Morgan fingerprint density at radius 1 is 0.846 bits per heavy atom. The highest BCUT2D eigenvalue weighted by atomic mass is 16.3. The fourth-order valence-corrected chi connectivity index (χ4v) is 3.44. The average molecular weight is 340 g/mol. The van der Waals surface area contributed by atoms with Crippen LogP contribution in [0.15, 0.2) is 60.8 Å². The van der Waals surface area contributed by atoms with Crippen LogP contribution < -0.4 is 5.46 Å². The van der Waals surface area contributed by atoms with E-state index in [1.54, 1.807) is 0 Å². The highest BCUT2D eigenvalue weighted by molar-refractivity contribution is 6.61. The van der Waals surface area contributed by atoms with Crippen molar-refractivity contribution in [3.05, 3.63) is 60.8 Å². The summed E-state index contributed by atoms with van der Waals surface area (Å²) >= 11 is 0. The maximum absolute atomic E-state index is 10.6. The van der Waals surface area contributed by atoms with Crippen molar-refractivity contribution in [2.45, 2.75) is 38.6 Å². The van der Waals surface area contributed by atoms with Gasteiger partial charge >= 0.3 is 0 Å². The van der Waals surface area contributed by atoms with E-state index in [0.29, 0.717) is 0 Å². The molecule has 0 saturated carbocycles. The summed E-state index contributed by atoms with van der Waals surface area (Å²) in [5.41, 5.74) is 1.31. The Labute approximate surface area is 155 Å². The van der Waals surface area contributed by atoms with Gasteiger partial charge in [0.15, 0.2) is 7.28 Å². The monoisotopic (exact) mass is 340 g/mol. The molecule has 0 spiro atoms. The summed E-state index contributed by atoms with van der Waals surface area (Å²) in [5.74, 6) is 0. The Kier molecular flexibility index (Phi) is 3.82. The second kappa shape index (κ2) is 5.82. The van der Waals surface area contributed by atoms with Crippen LogP contribution in [0.5, 0.6) is 0 Å². The largest absolute Gasteiger partial charge is 0.391 e. The van der Waals surface area contributed by atoms with Gasteiger partial charge in [0.2, 0.25) is 0 Å². The Bertz CT molecular complexity index is 1130. The molecule has 1 N–H and O–H groups in total. The molecule has 3 heteroatoms. The molecule has 0 saturated heterocycles. The standard InChI is InChI=1S/C23H23BNO/c1-22(2,23(3,4)26)24-19-14-16-12-11-15-8-5-6-9-17(15)20(16)21-18(19)10-7-13-25-21/h5-14,26H,1-4H3. The second-order valence-electron chi connectivity index (χ2n) is 8.18. The van der Waals surface area contributed by atoms with Gasteiger partial charge < -0.3 is 5.11 Å². The highest BCUT2D eigenvalue weighted by Crippen LogP contribution is 2.37. The third-order valence-electron chi connectivity index (χ3n) is 5.72. The predicted molar refractivity (Wildman–Crippen MR) is 112 cm³/mol. The summed E-state index contributed by atoms with van der Waals surface area (Å²) in [6.45, 7) is 7.86. The third kappa shape index (κ3) is 2.67.